The fourth-order valence-corrected chi connectivity index (χ4v) is 5.43. The van der Waals surface area contributed by atoms with Crippen molar-refractivity contribution in [1.29, 1.82) is 0 Å². The third-order valence-electron chi connectivity index (χ3n) is 5.09. The lowest BCUT2D eigenvalue weighted by Gasteiger charge is -2.22. The predicted octanol–water partition coefficient (Wildman–Crippen LogP) is 4.82. The Labute approximate surface area is 215 Å². The summed E-state index contributed by atoms with van der Waals surface area (Å²) in [4.78, 5) is 12.6. The molecule has 0 aliphatic carbocycles. The Hall–Kier alpha value is -2.79. The van der Waals surface area contributed by atoms with Gasteiger partial charge in [-0.2, -0.15) is 0 Å². The van der Waals surface area contributed by atoms with Crippen molar-refractivity contribution in [2.75, 3.05) is 27.1 Å². The van der Waals surface area contributed by atoms with Crippen LogP contribution in [0.2, 0.25) is 10.0 Å². The molecule has 0 aliphatic rings. The SMILES string of the molecule is Cc1ccc(N(CC(=O)Nc2ccc(S(=O)(=O)Nc3cccc(Cl)c3C)cc2)S(C)(=O)=O)cc1Cl. The smallest absolute Gasteiger partial charge is 0.261 e. The first-order valence-corrected chi connectivity index (χ1v) is 14.3. The predicted molar refractivity (Wildman–Crippen MR) is 140 cm³/mol. The first-order valence-electron chi connectivity index (χ1n) is 10.2. The number of nitrogens with zero attached hydrogens (tertiary/aromatic N) is 1. The van der Waals surface area contributed by atoms with E-state index in [9.17, 15) is 21.6 Å². The molecule has 186 valence electrons. The second kappa shape index (κ2) is 10.4. The van der Waals surface area contributed by atoms with Crippen molar-refractivity contribution in [3.05, 3.63) is 81.8 Å². The molecular weight excluding hydrogens is 533 g/mol. The maximum Gasteiger partial charge on any atom is 0.261 e. The lowest BCUT2D eigenvalue weighted by molar-refractivity contribution is -0.114. The van der Waals surface area contributed by atoms with Crippen molar-refractivity contribution in [2.24, 2.45) is 0 Å². The Bertz CT molecular complexity index is 1480. The Morgan fingerprint density at radius 1 is 0.914 bits per heavy atom. The second-order valence-electron chi connectivity index (χ2n) is 7.79. The lowest BCUT2D eigenvalue weighted by atomic mass is 10.2. The zero-order chi connectivity index (χ0) is 26.0. The van der Waals surface area contributed by atoms with Crippen molar-refractivity contribution in [3.63, 3.8) is 0 Å². The molecule has 0 bridgehead atoms. The molecule has 12 heteroatoms. The van der Waals surface area contributed by atoms with Crippen molar-refractivity contribution >= 4 is 66.2 Å². The van der Waals surface area contributed by atoms with Crippen molar-refractivity contribution < 1.29 is 21.6 Å². The zero-order valence-electron chi connectivity index (χ0n) is 19.0. The first-order chi connectivity index (χ1) is 16.3. The molecule has 0 radical (unpaired) electrons. The quantitative estimate of drug-likeness (QED) is 0.413. The summed E-state index contributed by atoms with van der Waals surface area (Å²) in [5.74, 6) is -0.615. The van der Waals surface area contributed by atoms with E-state index in [1.54, 1.807) is 44.2 Å². The molecule has 0 spiro atoms. The number of carbonyl (C=O) groups is 1. The van der Waals surface area contributed by atoms with Gasteiger partial charge >= 0.3 is 0 Å². The number of carbonyl (C=O) groups excluding carboxylic acids is 1. The van der Waals surface area contributed by atoms with E-state index in [1.165, 1.54) is 30.3 Å². The summed E-state index contributed by atoms with van der Waals surface area (Å²) in [6.45, 7) is 2.98. The van der Waals surface area contributed by atoms with Crippen LogP contribution >= 0.6 is 23.2 Å². The topological polar surface area (TPSA) is 113 Å². The molecule has 8 nitrogen and oxygen atoms in total. The fourth-order valence-electron chi connectivity index (χ4n) is 3.11. The molecule has 35 heavy (non-hydrogen) atoms. The van der Waals surface area contributed by atoms with E-state index in [2.05, 4.69) is 10.0 Å². The summed E-state index contributed by atoms with van der Waals surface area (Å²) in [6.07, 6.45) is 0.988. The minimum absolute atomic E-state index is 0.0260. The van der Waals surface area contributed by atoms with Crippen LogP contribution in [-0.4, -0.2) is 35.5 Å². The minimum Gasteiger partial charge on any atom is -0.325 e. The van der Waals surface area contributed by atoms with E-state index in [1.807, 2.05) is 0 Å². The third-order valence-corrected chi connectivity index (χ3v) is 8.43. The van der Waals surface area contributed by atoms with Gasteiger partial charge in [0.15, 0.2) is 0 Å². The Balaban J connectivity index is 1.74. The van der Waals surface area contributed by atoms with E-state index in [0.717, 1.165) is 16.1 Å². The van der Waals surface area contributed by atoms with Gasteiger partial charge in [0.05, 0.1) is 22.5 Å². The van der Waals surface area contributed by atoms with Crippen LogP contribution in [0.1, 0.15) is 11.1 Å². The van der Waals surface area contributed by atoms with Crippen LogP contribution in [0, 0.1) is 13.8 Å². The highest BCUT2D eigenvalue weighted by atomic mass is 35.5. The van der Waals surface area contributed by atoms with Gasteiger partial charge in [0.25, 0.3) is 10.0 Å². The largest absolute Gasteiger partial charge is 0.325 e. The average Bonchev–Trinajstić information content (AvgIpc) is 2.77. The number of aryl methyl sites for hydroxylation is 1. The van der Waals surface area contributed by atoms with E-state index in [4.69, 9.17) is 23.2 Å². The van der Waals surface area contributed by atoms with E-state index < -0.39 is 32.5 Å². The molecular formula is C23H23Cl2N3O5S2. The van der Waals surface area contributed by atoms with Crippen LogP contribution in [0.15, 0.2) is 65.6 Å². The number of rotatable bonds is 8. The second-order valence-corrected chi connectivity index (χ2v) is 12.2. The summed E-state index contributed by atoms with van der Waals surface area (Å²) in [7, 11) is -7.68. The summed E-state index contributed by atoms with van der Waals surface area (Å²) < 4.78 is 53.5. The molecule has 0 saturated carbocycles. The molecule has 0 aliphatic heterocycles. The number of hydrogen-bond donors (Lipinski definition) is 2. The van der Waals surface area contributed by atoms with Crippen LogP contribution in [-0.2, 0) is 24.8 Å². The maximum atomic E-state index is 12.7. The van der Waals surface area contributed by atoms with Gasteiger partial charge in [0.2, 0.25) is 15.9 Å². The van der Waals surface area contributed by atoms with Crippen LogP contribution in [0.4, 0.5) is 17.1 Å². The standard InChI is InChI=1S/C23H23Cl2N3O5S2/c1-15-7-10-18(13-21(15)25)28(34(3,30)31)14-23(29)26-17-8-11-19(12-9-17)35(32,33)27-22-6-4-5-20(24)16(22)2/h4-13,27H,14H2,1-3H3,(H,26,29). The molecule has 1 amide bonds. The third kappa shape index (κ3) is 6.66. The number of anilines is 3. The Kier molecular flexibility index (Phi) is 8.00. The number of sulfonamides is 2. The van der Waals surface area contributed by atoms with Crippen molar-refractivity contribution in [1.82, 2.24) is 0 Å². The zero-order valence-corrected chi connectivity index (χ0v) is 22.2. The average molecular weight is 556 g/mol. The van der Waals surface area contributed by atoms with Crippen molar-refractivity contribution in [2.45, 2.75) is 18.7 Å². The number of benzene rings is 3. The molecule has 2 N–H and O–H groups in total. The number of nitrogens with one attached hydrogen (secondary N) is 2. The van der Waals surface area contributed by atoms with Gasteiger partial charge in [-0.3, -0.25) is 13.8 Å². The molecule has 3 aromatic carbocycles. The molecule has 0 heterocycles. The monoisotopic (exact) mass is 555 g/mol. The van der Waals surface area contributed by atoms with Crippen LogP contribution < -0.4 is 14.3 Å². The first kappa shape index (κ1) is 26.8. The highest BCUT2D eigenvalue weighted by molar-refractivity contribution is 7.92. The molecule has 0 fully saturated rings. The lowest BCUT2D eigenvalue weighted by Crippen LogP contribution is -2.37. The molecule has 3 aromatic rings. The minimum atomic E-state index is -3.90. The van der Waals surface area contributed by atoms with Gasteiger partial charge in [-0.1, -0.05) is 35.3 Å². The summed E-state index contributed by atoms with van der Waals surface area (Å²) in [6, 6.07) is 15.0. The highest BCUT2D eigenvalue weighted by Gasteiger charge is 2.22. The normalized spacial score (nSPS) is 11.7. The number of halogens is 2. The highest BCUT2D eigenvalue weighted by Crippen LogP contribution is 2.27. The molecule has 0 saturated heterocycles. The van der Waals surface area contributed by atoms with Crippen LogP contribution in [0.5, 0.6) is 0 Å². The molecule has 0 aromatic heterocycles. The molecule has 3 rings (SSSR count). The summed E-state index contributed by atoms with van der Waals surface area (Å²) in [5, 5.41) is 3.37. The van der Waals surface area contributed by atoms with Gasteiger partial charge in [0, 0.05) is 15.7 Å². The van der Waals surface area contributed by atoms with Crippen LogP contribution in [0.25, 0.3) is 0 Å². The molecule has 0 unspecified atom stereocenters. The van der Waals surface area contributed by atoms with Gasteiger partial charge < -0.3 is 5.32 Å². The van der Waals surface area contributed by atoms with Gasteiger partial charge in [0.1, 0.15) is 6.54 Å². The Morgan fingerprint density at radius 2 is 1.57 bits per heavy atom. The van der Waals surface area contributed by atoms with E-state index >= 15 is 0 Å². The summed E-state index contributed by atoms with van der Waals surface area (Å²) in [5.41, 5.74) is 2.26. The van der Waals surface area contributed by atoms with Gasteiger partial charge in [-0.25, -0.2) is 16.8 Å². The molecule has 0 atom stereocenters. The van der Waals surface area contributed by atoms with E-state index in [0.29, 0.717) is 27.0 Å². The summed E-state index contributed by atoms with van der Waals surface area (Å²) >= 11 is 12.2. The maximum absolute atomic E-state index is 12.7. The van der Waals surface area contributed by atoms with Gasteiger partial charge in [-0.15, -0.1) is 0 Å². The number of hydrogen-bond acceptors (Lipinski definition) is 5. The van der Waals surface area contributed by atoms with Gasteiger partial charge in [-0.05, 0) is 73.5 Å². The van der Waals surface area contributed by atoms with E-state index in [-0.39, 0.29) is 10.6 Å². The van der Waals surface area contributed by atoms with Crippen molar-refractivity contribution in [3.8, 4) is 0 Å². The van der Waals surface area contributed by atoms with Crippen LogP contribution in [0.3, 0.4) is 0 Å². The Morgan fingerprint density at radius 3 is 2.17 bits per heavy atom. The fraction of sp³-hybridized carbons (Fsp3) is 0.174. The number of amides is 1.